The van der Waals surface area contributed by atoms with Gasteiger partial charge >= 0.3 is 0 Å². The molecule has 0 saturated carbocycles. The Labute approximate surface area is 165 Å². The zero-order chi connectivity index (χ0) is 20.2. The molecule has 8 heteroatoms. The van der Waals surface area contributed by atoms with Gasteiger partial charge in [0.05, 0.1) is 5.75 Å². The predicted molar refractivity (Wildman–Crippen MR) is 113 cm³/mol. The van der Waals surface area contributed by atoms with Crippen LogP contribution < -0.4 is 16.1 Å². The fraction of sp³-hybridized carbons (Fsp3) is 0.526. The number of thioether (sulfide) groups is 1. The first-order valence-electron chi connectivity index (χ1n) is 9.13. The van der Waals surface area contributed by atoms with E-state index in [9.17, 15) is 4.79 Å². The summed E-state index contributed by atoms with van der Waals surface area (Å²) in [5.74, 6) is 6.84. The van der Waals surface area contributed by atoms with Gasteiger partial charge < -0.3 is 16.1 Å². The molecule has 1 amide bonds. The van der Waals surface area contributed by atoms with E-state index in [4.69, 9.17) is 5.84 Å². The summed E-state index contributed by atoms with van der Waals surface area (Å²) < 4.78 is 1.46. The van der Waals surface area contributed by atoms with Crippen LogP contribution >= 0.6 is 11.8 Å². The number of benzene rings is 1. The van der Waals surface area contributed by atoms with Gasteiger partial charge in [-0.05, 0) is 45.0 Å². The SMILES string of the molecule is CCN(c1ccc(NC(=O)CSc2nnc(C(C)(C)C)n2N)cc1)C(C)C. The van der Waals surface area contributed by atoms with E-state index >= 15 is 0 Å². The molecule has 148 valence electrons. The number of nitrogens with one attached hydrogen (secondary N) is 1. The highest BCUT2D eigenvalue weighted by Gasteiger charge is 2.23. The van der Waals surface area contributed by atoms with E-state index in [1.807, 2.05) is 45.0 Å². The molecular weight excluding hydrogens is 360 g/mol. The van der Waals surface area contributed by atoms with E-state index in [1.165, 1.54) is 16.4 Å². The molecule has 0 aliphatic heterocycles. The van der Waals surface area contributed by atoms with Crippen LogP contribution in [0.15, 0.2) is 29.4 Å². The van der Waals surface area contributed by atoms with Gasteiger partial charge in [-0.25, -0.2) is 4.68 Å². The zero-order valence-corrected chi connectivity index (χ0v) is 17.8. The minimum Gasteiger partial charge on any atom is -0.369 e. The largest absolute Gasteiger partial charge is 0.369 e. The summed E-state index contributed by atoms with van der Waals surface area (Å²) in [6.45, 7) is 13.5. The lowest BCUT2D eigenvalue weighted by Crippen LogP contribution is -2.30. The maximum atomic E-state index is 12.2. The van der Waals surface area contributed by atoms with Crippen molar-refractivity contribution in [3.8, 4) is 0 Å². The van der Waals surface area contributed by atoms with Crippen LogP contribution in [0.2, 0.25) is 0 Å². The first-order valence-corrected chi connectivity index (χ1v) is 10.1. The summed E-state index contributed by atoms with van der Waals surface area (Å²) in [6, 6.07) is 8.33. The highest BCUT2D eigenvalue weighted by molar-refractivity contribution is 7.99. The van der Waals surface area contributed by atoms with Gasteiger partial charge in [0.1, 0.15) is 0 Å². The summed E-state index contributed by atoms with van der Waals surface area (Å²) >= 11 is 1.27. The highest BCUT2D eigenvalue weighted by Crippen LogP contribution is 2.24. The maximum absolute atomic E-state index is 12.2. The maximum Gasteiger partial charge on any atom is 0.234 e. The van der Waals surface area contributed by atoms with Crippen molar-refractivity contribution in [1.82, 2.24) is 14.9 Å². The Hall–Kier alpha value is -2.22. The molecule has 0 radical (unpaired) electrons. The number of nitrogens with two attached hydrogens (primary N) is 1. The fourth-order valence-electron chi connectivity index (χ4n) is 2.80. The number of amides is 1. The lowest BCUT2D eigenvalue weighted by molar-refractivity contribution is -0.113. The van der Waals surface area contributed by atoms with Crippen LogP contribution in [0.4, 0.5) is 11.4 Å². The molecule has 0 unspecified atom stereocenters. The van der Waals surface area contributed by atoms with Crippen LogP contribution in [0.5, 0.6) is 0 Å². The van der Waals surface area contributed by atoms with Crippen molar-refractivity contribution >= 4 is 29.0 Å². The quantitative estimate of drug-likeness (QED) is 0.557. The third-order valence-corrected chi connectivity index (χ3v) is 5.06. The topological polar surface area (TPSA) is 89.1 Å². The van der Waals surface area contributed by atoms with Gasteiger partial charge in [-0.2, -0.15) is 0 Å². The second-order valence-corrected chi connectivity index (χ2v) is 8.63. The van der Waals surface area contributed by atoms with Crippen LogP contribution in [-0.2, 0) is 10.2 Å². The number of rotatable bonds is 7. The molecule has 0 spiro atoms. The monoisotopic (exact) mass is 390 g/mol. The molecule has 1 aromatic carbocycles. The summed E-state index contributed by atoms with van der Waals surface area (Å²) in [5.41, 5.74) is 1.71. The Morgan fingerprint density at radius 2 is 1.89 bits per heavy atom. The molecule has 7 nitrogen and oxygen atoms in total. The van der Waals surface area contributed by atoms with Gasteiger partial charge in [0.2, 0.25) is 11.1 Å². The number of anilines is 2. The van der Waals surface area contributed by atoms with Crippen molar-refractivity contribution in [3.63, 3.8) is 0 Å². The minimum atomic E-state index is -0.201. The molecule has 1 aromatic heterocycles. The standard InChI is InChI=1S/C19H30N6OS/c1-7-24(13(2)3)15-10-8-14(9-11-15)21-16(26)12-27-18-23-22-17(25(18)20)19(4,5)6/h8-11,13H,7,12,20H2,1-6H3,(H,21,26). The van der Waals surface area contributed by atoms with Crippen molar-refractivity contribution in [2.75, 3.05) is 28.4 Å². The molecule has 0 bridgehead atoms. The molecule has 2 rings (SSSR count). The average molecular weight is 391 g/mol. The van der Waals surface area contributed by atoms with Crippen LogP contribution in [0.3, 0.4) is 0 Å². The Balaban J connectivity index is 1.94. The van der Waals surface area contributed by atoms with Crippen molar-refractivity contribution in [3.05, 3.63) is 30.1 Å². The van der Waals surface area contributed by atoms with Crippen LogP contribution in [-0.4, -0.2) is 39.1 Å². The lowest BCUT2D eigenvalue weighted by Gasteiger charge is -2.27. The Kier molecular flexibility index (Phi) is 6.75. The number of carbonyl (C=O) groups excluding carboxylic acids is 1. The van der Waals surface area contributed by atoms with Crippen LogP contribution in [0.25, 0.3) is 0 Å². The minimum absolute atomic E-state index is 0.107. The normalized spacial score (nSPS) is 11.7. The van der Waals surface area contributed by atoms with Gasteiger partial charge in [0.25, 0.3) is 0 Å². The smallest absolute Gasteiger partial charge is 0.234 e. The zero-order valence-electron chi connectivity index (χ0n) is 17.0. The van der Waals surface area contributed by atoms with E-state index in [-0.39, 0.29) is 17.1 Å². The predicted octanol–water partition coefficient (Wildman–Crippen LogP) is 3.25. The van der Waals surface area contributed by atoms with Gasteiger partial charge in [0, 0.05) is 29.4 Å². The first kappa shape index (κ1) is 21.1. The second kappa shape index (κ2) is 8.65. The number of hydrogen-bond acceptors (Lipinski definition) is 6. The second-order valence-electron chi connectivity index (χ2n) is 7.69. The summed E-state index contributed by atoms with van der Waals surface area (Å²) in [5, 5.41) is 11.6. The third kappa shape index (κ3) is 5.38. The number of nitrogen functional groups attached to an aromatic ring is 1. The lowest BCUT2D eigenvalue weighted by atomic mass is 9.96. The fourth-order valence-corrected chi connectivity index (χ4v) is 3.45. The number of hydrogen-bond donors (Lipinski definition) is 2. The molecular formula is C19H30N6OS. The van der Waals surface area contributed by atoms with E-state index in [2.05, 4.69) is 41.2 Å². The third-order valence-electron chi connectivity index (χ3n) is 4.11. The van der Waals surface area contributed by atoms with Gasteiger partial charge in [-0.15, -0.1) is 10.2 Å². The molecule has 0 aliphatic rings. The summed E-state index contributed by atoms with van der Waals surface area (Å²) in [7, 11) is 0. The number of nitrogens with zero attached hydrogens (tertiary/aromatic N) is 4. The van der Waals surface area contributed by atoms with E-state index in [1.54, 1.807) is 0 Å². The number of aromatic nitrogens is 3. The van der Waals surface area contributed by atoms with Crippen molar-refractivity contribution in [2.24, 2.45) is 0 Å². The van der Waals surface area contributed by atoms with E-state index < -0.39 is 0 Å². The van der Waals surface area contributed by atoms with Crippen molar-refractivity contribution in [1.29, 1.82) is 0 Å². The molecule has 27 heavy (non-hydrogen) atoms. The molecule has 1 heterocycles. The van der Waals surface area contributed by atoms with E-state index in [0.717, 1.165) is 17.9 Å². The van der Waals surface area contributed by atoms with Gasteiger partial charge in [-0.1, -0.05) is 32.5 Å². The molecule has 2 aromatic rings. The average Bonchev–Trinajstić information content (AvgIpc) is 2.96. The Morgan fingerprint density at radius 3 is 2.37 bits per heavy atom. The highest BCUT2D eigenvalue weighted by atomic mass is 32.2. The van der Waals surface area contributed by atoms with Gasteiger partial charge in [0.15, 0.2) is 5.82 Å². The Morgan fingerprint density at radius 1 is 1.26 bits per heavy atom. The summed E-state index contributed by atoms with van der Waals surface area (Å²) in [4.78, 5) is 14.5. The number of carbonyl (C=O) groups is 1. The van der Waals surface area contributed by atoms with E-state index in [0.29, 0.717) is 17.0 Å². The van der Waals surface area contributed by atoms with Crippen LogP contribution in [0, 0.1) is 0 Å². The Bertz CT molecular complexity index is 763. The molecule has 0 saturated heterocycles. The molecule has 3 N–H and O–H groups in total. The van der Waals surface area contributed by atoms with Gasteiger partial charge in [-0.3, -0.25) is 4.79 Å². The molecule has 0 aliphatic carbocycles. The molecule has 0 fully saturated rings. The van der Waals surface area contributed by atoms with Crippen LogP contribution in [0.1, 0.15) is 47.4 Å². The van der Waals surface area contributed by atoms with Crippen molar-refractivity contribution in [2.45, 2.75) is 58.2 Å². The summed E-state index contributed by atoms with van der Waals surface area (Å²) in [6.07, 6.45) is 0. The molecule has 0 atom stereocenters. The van der Waals surface area contributed by atoms with Crippen molar-refractivity contribution < 1.29 is 4.79 Å². The first-order chi connectivity index (χ1) is 12.6.